The van der Waals surface area contributed by atoms with Crippen LogP contribution in [0.15, 0.2) is 61.2 Å². The van der Waals surface area contributed by atoms with E-state index in [1.54, 1.807) is 18.6 Å². The number of H-pyrrole nitrogens is 1. The molecule has 0 saturated carbocycles. The van der Waals surface area contributed by atoms with Crippen LogP contribution in [0.25, 0.3) is 32.7 Å². The number of pyridine rings is 3. The highest BCUT2D eigenvalue weighted by Crippen LogP contribution is 2.35. The summed E-state index contributed by atoms with van der Waals surface area (Å²) in [6.45, 7) is 0. The third-order valence-electron chi connectivity index (χ3n) is 4.23. The van der Waals surface area contributed by atoms with Crippen LogP contribution in [0.4, 0.5) is 11.5 Å². The van der Waals surface area contributed by atoms with Gasteiger partial charge in [0.15, 0.2) is 5.82 Å². The van der Waals surface area contributed by atoms with Gasteiger partial charge in [0.2, 0.25) is 0 Å². The van der Waals surface area contributed by atoms with E-state index in [4.69, 9.17) is 16.6 Å². The summed E-state index contributed by atoms with van der Waals surface area (Å²) in [5.41, 5.74) is 3.61. The predicted octanol–water partition coefficient (Wildman–Crippen LogP) is 5.06. The number of hydrogen-bond donors (Lipinski definition) is 2. The molecule has 0 aliphatic carbocycles. The Balaban J connectivity index is 1.85. The molecule has 25 heavy (non-hydrogen) atoms. The SMILES string of the molecule is Clc1cccc(Nc2nc3cnccc3c3c2[nH]c2cnccc23)c1. The topological polar surface area (TPSA) is 66.5 Å². The Morgan fingerprint density at radius 2 is 1.80 bits per heavy atom. The van der Waals surface area contributed by atoms with Gasteiger partial charge in [-0.25, -0.2) is 4.98 Å². The molecule has 0 unspecified atom stereocenters. The molecule has 5 aromatic rings. The Bertz CT molecular complexity index is 1240. The van der Waals surface area contributed by atoms with Crippen LogP contribution >= 0.6 is 11.6 Å². The van der Waals surface area contributed by atoms with Gasteiger partial charge in [-0.3, -0.25) is 9.97 Å². The number of hydrogen-bond acceptors (Lipinski definition) is 4. The molecule has 1 aromatic carbocycles. The molecule has 120 valence electrons. The monoisotopic (exact) mass is 345 g/mol. The standard InChI is InChI=1S/C19H12ClN5/c20-11-2-1-3-12(8-11)23-19-18-17(13-4-6-21-9-15(13)24-18)14-5-7-22-10-16(14)25-19/h1-10,24H,(H,23,25). The molecule has 0 amide bonds. The zero-order chi connectivity index (χ0) is 16.8. The molecule has 2 N–H and O–H groups in total. The third kappa shape index (κ3) is 2.28. The minimum atomic E-state index is 0.671. The molecule has 4 aromatic heterocycles. The second kappa shape index (κ2) is 5.43. The number of rotatable bonds is 2. The van der Waals surface area contributed by atoms with E-state index in [1.165, 1.54) is 0 Å². The summed E-state index contributed by atoms with van der Waals surface area (Å²) < 4.78 is 0. The Hall–Kier alpha value is -3.18. The first-order chi connectivity index (χ1) is 12.3. The van der Waals surface area contributed by atoms with E-state index in [1.807, 2.05) is 42.6 Å². The van der Waals surface area contributed by atoms with Crippen LogP contribution in [-0.2, 0) is 0 Å². The van der Waals surface area contributed by atoms with Crippen LogP contribution in [0.2, 0.25) is 5.02 Å². The largest absolute Gasteiger partial charge is 0.350 e. The minimum absolute atomic E-state index is 0.671. The van der Waals surface area contributed by atoms with Crippen LogP contribution in [0.3, 0.4) is 0 Å². The highest BCUT2D eigenvalue weighted by atomic mass is 35.5. The molecule has 0 spiro atoms. The van der Waals surface area contributed by atoms with Crippen LogP contribution in [0.5, 0.6) is 0 Å². The summed E-state index contributed by atoms with van der Waals surface area (Å²) >= 11 is 6.10. The van der Waals surface area contributed by atoms with Crippen LogP contribution in [0, 0.1) is 0 Å². The fourth-order valence-corrected chi connectivity index (χ4v) is 3.35. The van der Waals surface area contributed by atoms with Crippen molar-refractivity contribution in [2.45, 2.75) is 0 Å². The zero-order valence-electron chi connectivity index (χ0n) is 13.0. The lowest BCUT2D eigenvalue weighted by atomic mass is 10.1. The quantitative estimate of drug-likeness (QED) is 0.469. The highest BCUT2D eigenvalue weighted by Gasteiger charge is 2.14. The molecule has 6 heteroatoms. The van der Waals surface area contributed by atoms with Crippen molar-refractivity contribution in [3.8, 4) is 0 Å². The zero-order valence-corrected chi connectivity index (χ0v) is 13.7. The van der Waals surface area contributed by atoms with Crippen molar-refractivity contribution in [2.75, 3.05) is 5.32 Å². The van der Waals surface area contributed by atoms with Crippen molar-refractivity contribution in [1.29, 1.82) is 0 Å². The lowest BCUT2D eigenvalue weighted by Gasteiger charge is -2.09. The first-order valence-electron chi connectivity index (χ1n) is 7.81. The van der Waals surface area contributed by atoms with Crippen LogP contribution < -0.4 is 5.32 Å². The molecular formula is C19H12ClN5. The van der Waals surface area contributed by atoms with Gasteiger partial charge >= 0.3 is 0 Å². The number of fused-ring (bicyclic) bond motifs is 5. The molecule has 0 aliphatic rings. The number of halogens is 1. The average molecular weight is 346 g/mol. The van der Waals surface area contributed by atoms with E-state index in [9.17, 15) is 0 Å². The van der Waals surface area contributed by atoms with E-state index in [-0.39, 0.29) is 0 Å². The average Bonchev–Trinajstić information content (AvgIpc) is 3.02. The van der Waals surface area contributed by atoms with Crippen molar-refractivity contribution in [2.24, 2.45) is 0 Å². The normalized spacial score (nSPS) is 11.4. The van der Waals surface area contributed by atoms with Crippen molar-refractivity contribution >= 4 is 55.8 Å². The van der Waals surface area contributed by atoms with Gasteiger partial charge in [0.05, 0.1) is 28.9 Å². The summed E-state index contributed by atoms with van der Waals surface area (Å²) in [5, 5.41) is 7.31. The number of nitrogens with one attached hydrogen (secondary N) is 2. The number of nitrogens with zero attached hydrogens (tertiary/aromatic N) is 3. The van der Waals surface area contributed by atoms with Crippen LogP contribution in [-0.4, -0.2) is 19.9 Å². The lowest BCUT2D eigenvalue weighted by Crippen LogP contribution is -1.96. The summed E-state index contributed by atoms with van der Waals surface area (Å²) in [5.74, 6) is 0.731. The molecule has 0 fully saturated rings. The molecule has 0 aliphatic heterocycles. The van der Waals surface area contributed by atoms with E-state index in [2.05, 4.69) is 20.3 Å². The summed E-state index contributed by atoms with van der Waals surface area (Å²) in [4.78, 5) is 16.6. The maximum absolute atomic E-state index is 6.10. The van der Waals surface area contributed by atoms with Gasteiger partial charge in [-0.1, -0.05) is 17.7 Å². The van der Waals surface area contributed by atoms with Gasteiger partial charge in [-0.15, -0.1) is 0 Å². The maximum atomic E-state index is 6.10. The molecule has 4 heterocycles. The Labute approximate surface area is 147 Å². The Morgan fingerprint density at radius 1 is 0.960 bits per heavy atom. The van der Waals surface area contributed by atoms with E-state index in [0.29, 0.717) is 5.02 Å². The van der Waals surface area contributed by atoms with Gasteiger partial charge in [-0.2, -0.15) is 0 Å². The molecular weight excluding hydrogens is 334 g/mol. The first-order valence-corrected chi connectivity index (χ1v) is 8.19. The number of anilines is 2. The van der Waals surface area contributed by atoms with Crippen molar-refractivity contribution in [3.63, 3.8) is 0 Å². The van der Waals surface area contributed by atoms with Gasteiger partial charge in [0.1, 0.15) is 0 Å². The third-order valence-corrected chi connectivity index (χ3v) is 4.46. The first kappa shape index (κ1) is 14.2. The maximum Gasteiger partial charge on any atom is 0.155 e. The highest BCUT2D eigenvalue weighted by molar-refractivity contribution is 6.30. The van der Waals surface area contributed by atoms with Gasteiger partial charge in [0.25, 0.3) is 0 Å². The number of aromatic nitrogens is 4. The number of aromatic amines is 1. The summed E-state index contributed by atoms with van der Waals surface area (Å²) in [7, 11) is 0. The van der Waals surface area contributed by atoms with Gasteiger partial charge in [-0.05, 0) is 30.3 Å². The minimum Gasteiger partial charge on any atom is -0.350 e. The summed E-state index contributed by atoms with van der Waals surface area (Å²) in [6, 6.07) is 11.6. The van der Waals surface area contributed by atoms with Gasteiger partial charge in [0, 0.05) is 39.3 Å². The molecule has 0 atom stereocenters. The van der Waals surface area contributed by atoms with Gasteiger partial charge < -0.3 is 10.3 Å². The molecule has 5 nitrogen and oxygen atoms in total. The van der Waals surface area contributed by atoms with Crippen molar-refractivity contribution in [3.05, 3.63) is 66.2 Å². The molecule has 0 saturated heterocycles. The lowest BCUT2D eigenvalue weighted by molar-refractivity contribution is 1.31. The molecule has 5 rings (SSSR count). The van der Waals surface area contributed by atoms with Crippen LogP contribution in [0.1, 0.15) is 0 Å². The Kier molecular flexibility index (Phi) is 3.08. The number of benzene rings is 1. The fraction of sp³-hybridized carbons (Fsp3) is 0. The van der Waals surface area contributed by atoms with E-state index < -0.39 is 0 Å². The van der Waals surface area contributed by atoms with E-state index in [0.717, 1.165) is 44.2 Å². The van der Waals surface area contributed by atoms with Crippen molar-refractivity contribution < 1.29 is 0 Å². The fourth-order valence-electron chi connectivity index (χ4n) is 3.16. The second-order valence-corrected chi connectivity index (χ2v) is 6.22. The molecule has 0 bridgehead atoms. The Morgan fingerprint density at radius 3 is 2.68 bits per heavy atom. The summed E-state index contributed by atoms with van der Waals surface area (Å²) in [6.07, 6.45) is 7.18. The second-order valence-electron chi connectivity index (χ2n) is 5.78. The van der Waals surface area contributed by atoms with Crippen molar-refractivity contribution in [1.82, 2.24) is 19.9 Å². The van der Waals surface area contributed by atoms with E-state index >= 15 is 0 Å². The smallest absolute Gasteiger partial charge is 0.155 e. The molecule has 0 radical (unpaired) electrons. The predicted molar refractivity (Wildman–Crippen MR) is 101 cm³/mol.